The average Bonchev–Trinajstić information content (AvgIpc) is 2.80. The first-order valence-corrected chi connectivity index (χ1v) is 9.90. The Morgan fingerprint density at radius 2 is 1.76 bits per heavy atom. The number of nitrogens with zero attached hydrogens (tertiary/aromatic N) is 3. The van der Waals surface area contributed by atoms with E-state index in [0.29, 0.717) is 43.6 Å². The standard InChI is InChI=1S/C23H24N4O2/c1-2-17-8-10-19(11-9-17)24-21-16-20(23(28)27-12-14-29-15-13-27)25-22(26-21)18-6-4-3-5-7-18/h3-11,16H,2,12-15H2,1H3,(H,24,25,26). The van der Waals surface area contributed by atoms with Crippen LogP contribution in [-0.4, -0.2) is 47.1 Å². The molecule has 2 heterocycles. The molecule has 1 fully saturated rings. The fourth-order valence-electron chi connectivity index (χ4n) is 3.24. The highest BCUT2D eigenvalue weighted by Crippen LogP contribution is 2.22. The molecule has 0 bridgehead atoms. The highest BCUT2D eigenvalue weighted by molar-refractivity contribution is 5.93. The third kappa shape index (κ3) is 4.60. The van der Waals surface area contributed by atoms with Gasteiger partial charge in [-0.05, 0) is 24.1 Å². The van der Waals surface area contributed by atoms with Crippen molar-refractivity contribution in [1.82, 2.24) is 14.9 Å². The van der Waals surface area contributed by atoms with E-state index in [1.54, 1.807) is 11.0 Å². The fraction of sp³-hybridized carbons (Fsp3) is 0.261. The van der Waals surface area contributed by atoms with Crippen LogP contribution in [0.25, 0.3) is 11.4 Å². The van der Waals surface area contributed by atoms with Crippen molar-refractivity contribution >= 4 is 17.4 Å². The minimum Gasteiger partial charge on any atom is -0.378 e. The molecule has 6 nitrogen and oxygen atoms in total. The molecule has 0 atom stereocenters. The Balaban J connectivity index is 1.68. The summed E-state index contributed by atoms with van der Waals surface area (Å²) in [6.45, 7) is 4.38. The van der Waals surface area contributed by atoms with Crippen LogP contribution in [0.3, 0.4) is 0 Å². The molecule has 0 radical (unpaired) electrons. The summed E-state index contributed by atoms with van der Waals surface area (Å²) in [5.74, 6) is 1.02. The zero-order valence-corrected chi connectivity index (χ0v) is 16.5. The normalized spacial score (nSPS) is 13.9. The molecule has 1 amide bonds. The smallest absolute Gasteiger partial charge is 0.272 e. The number of carbonyl (C=O) groups excluding carboxylic acids is 1. The van der Waals surface area contributed by atoms with Crippen molar-refractivity contribution in [2.24, 2.45) is 0 Å². The highest BCUT2D eigenvalue weighted by atomic mass is 16.5. The molecule has 1 aliphatic rings. The van der Waals surface area contributed by atoms with Gasteiger partial charge in [0.1, 0.15) is 11.5 Å². The van der Waals surface area contributed by atoms with Gasteiger partial charge in [0.25, 0.3) is 5.91 Å². The van der Waals surface area contributed by atoms with E-state index in [2.05, 4.69) is 34.3 Å². The van der Waals surface area contributed by atoms with Crippen molar-refractivity contribution in [2.45, 2.75) is 13.3 Å². The van der Waals surface area contributed by atoms with Gasteiger partial charge in [-0.3, -0.25) is 4.79 Å². The Hall–Kier alpha value is -3.25. The van der Waals surface area contributed by atoms with Crippen LogP contribution in [-0.2, 0) is 11.2 Å². The number of benzene rings is 2. The Morgan fingerprint density at radius 3 is 2.45 bits per heavy atom. The van der Waals surface area contributed by atoms with Gasteiger partial charge in [0, 0.05) is 30.4 Å². The van der Waals surface area contributed by atoms with E-state index in [0.717, 1.165) is 17.7 Å². The highest BCUT2D eigenvalue weighted by Gasteiger charge is 2.21. The van der Waals surface area contributed by atoms with Gasteiger partial charge in [0.05, 0.1) is 13.2 Å². The molecule has 4 rings (SSSR count). The minimum absolute atomic E-state index is 0.0998. The van der Waals surface area contributed by atoms with E-state index >= 15 is 0 Å². The maximum atomic E-state index is 13.0. The molecule has 3 aromatic rings. The number of rotatable bonds is 5. The number of anilines is 2. The molecule has 148 valence electrons. The summed E-state index contributed by atoms with van der Waals surface area (Å²) in [6, 6.07) is 19.6. The van der Waals surface area contributed by atoms with Crippen LogP contribution in [0.4, 0.5) is 11.5 Å². The van der Waals surface area contributed by atoms with Gasteiger partial charge >= 0.3 is 0 Å². The van der Waals surface area contributed by atoms with E-state index in [1.165, 1.54) is 5.56 Å². The first-order valence-electron chi connectivity index (χ1n) is 9.90. The number of aryl methyl sites for hydroxylation is 1. The summed E-state index contributed by atoms with van der Waals surface area (Å²) < 4.78 is 5.36. The van der Waals surface area contributed by atoms with E-state index in [-0.39, 0.29) is 5.91 Å². The average molecular weight is 388 g/mol. The predicted octanol–water partition coefficient (Wildman–Crippen LogP) is 3.92. The first-order chi connectivity index (χ1) is 14.2. The van der Waals surface area contributed by atoms with Crippen molar-refractivity contribution < 1.29 is 9.53 Å². The second-order valence-corrected chi connectivity index (χ2v) is 6.91. The predicted molar refractivity (Wildman–Crippen MR) is 113 cm³/mol. The van der Waals surface area contributed by atoms with Crippen molar-refractivity contribution in [3.8, 4) is 11.4 Å². The second kappa shape index (κ2) is 8.84. The molecule has 0 spiro atoms. The Morgan fingerprint density at radius 1 is 1.03 bits per heavy atom. The van der Waals surface area contributed by atoms with Crippen LogP contribution in [0, 0.1) is 0 Å². The molecule has 0 saturated carbocycles. The number of aromatic nitrogens is 2. The molecule has 29 heavy (non-hydrogen) atoms. The van der Waals surface area contributed by atoms with Crippen LogP contribution in [0.5, 0.6) is 0 Å². The molecule has 1 aliphatic heterocycles. The van der Waals surface area contributed by atoms with E-state index < -0.39 is 0 Å². The Kier molecular flexibility index (Phi) is 5.81. The lowest BCUT2D eigenvalue weighted by Crippen LogP contribution is -2.41. The molecule has 1 N–H and O–H groups in total. The lowest BCUT2D eigenvalue weighted by Gasteiger charge is -2.26. The van der Waals surface area contributed by atoms with E-state index in [4.69, 9.17) is 4.74 Å². The summed E-state index contributed by atoms with van der Waals surface area (Å²) in [4.78, 5) is 24.0. The Labute approximate surface area is 170 Å². The molecular formula is C23H24N4O2. The van der Waals surface area contributed by atoms with Crippen LogP contribution in [0.15, 0.2) is 60.7 Å². The largest absolute Gasteiger partial charge is 0.378 e. The third-order valence-corrected chi connectivity index (χ3v) is 4.91. The third-order valence-electron chi connectivity index (χ3n) is 4.91. The maximum absolute atomic E-state index is 13.0. The van der Waals surface area contributed by atoms with Gasteiger partial charge in [-0.15, -0.1) is 0 Å². The zero-order chi connectivity index (χ0) is 20.1. The summed E-state index contributed by atoms with van der Waals surface area (Å²) >= 11 is 0. The number of amides is 1. The number of carbonyl (C=O) groups is 1. The SMILES string of the molecule is CCc1ccc(Nc2cc(C(=O)N3CCOCC3)nc(-c3ccccc3)n2)cc1. The van der Waals surface area contributed by atoms with Crippen molar-refractivity contribution in [2.75, 3.05) is 31.6 Å². The second-order valence-electron chi connectivity index (χ2n) is 6.91. The van der Waals surface area contributed by atoms with Crippen LogP contribution >= 0.6 is 0 Å². The Bertz CT molecular complexity index is 968. The number of ether oxygens (including phenoxy) is 1. The number of hydrogen-bond donors (Lipinski definition) is 1. The van der Waals surface area contributed by atoms with Gasteiger partial charge in [-0.25, -0.2) is 9.97 Å². The van der Waals surface area contributed by atoms with Gasteiger partial charge < -0.3 is 15.0 Å². The molecule has 0 aliphatic carbocycles. The maximum Gasteiger partial charge on any atom is 0.272 e. The lowest BCUT2D eigenvalue weighted by atomic mass is 10.1. The van der Waals surface area contributed by atoms with Crippen molar-refractivity contribution in [3.05, 3.63) is 71.9 Å². The van der Waals surface area contributed by atoms with Crippen LogP contribution in [0.2, 0.25) is 0 Å². The number of morpholine rings is 1. The fourth-order valence-corrected chi connectivity index (χ4v) is 3.24. The lowest BCUT2D eigenvalue weighted by molar-refractivity contribution is 0.0299. The van der Waals surface area contributed by atoms with Crippen LogP contribution in [0.1, 0.15) is 23.0 Å². The molecule has 2 aromatic carbocycles. The molecular weight excluding hydrogens is 364 g/mol. The number of hydrogen-bond acceptors (Lipinski definition) is 5. The van der Waals surface area contributed by atoms with Crippen molar-refractivity contribution in [1.29, 1.82) is 0 Å². The topological polar surface area (TPSA) is 67.4 Å². The van der Waals surface area contributed by atoms with Crippen LogP contribution < -0.4 is 5.32 Å². The summed E-state index contributed by atoms with van der Waals surface area (Å²) in [7, 11) is 0. The van der Waals surface area contributed by atoms with Crippen molar-refractivity contribution in [3.63, 3.8) is 0 Å². The molecule has 1 saturated heterocycles. The monoisotopic (exact) mass is 388 g/mol. The molecule has 0 unspecified atom stereocenters. The van der Waals surface area contributed by atoms with Gasteiger partial charge in [0.15, 0.2) is 5.82 Å². The van der Waals surface area contributed by atoms with E-state index in [1.807, 2.05) is 42.5 Å². The van der Waals surface area contributed by atoms with Gasteiger partial charge in [-0.2, -0.15) is 0 Å². The molecule has 6 heteroatoms. The quantitative estimate of drug-likeness (QED) is 0.717. The summed E-state index contributed by atoms with van der Waals surface area (Å²) in [5, 5.41) is 3.32. The van der Waals surface area contributed by atoms with Gasteiger partial charge in [0.2, 0.25) is 0 Å². The summed E-state index contributed by atoms with van der Waals surface area (Å²) in [6.07, 6.45) is 0.990. The molecule has 1 aromatic heterocycles. The van der Waals surface area contributed by atoms with Gasteiger partial charge in [-0.1, -0.05) is 49.4 Å². The minimum atomic E-state index is -0.0998. The zero-order valence-electron chi connectivity index (χ0n) is 16.5. The summed E-state index contributed by atoms with van der Waals surface area (Å²) in [5.41, 5.74) is 3.44. The first kappa shape index (κ1) is 19.1. The van der Waals surface area contributed by atoms with E-state index in [9.17, 15) is 4.79 Å². The number of nitrogens with one attached hydrogen (secondary N) is 1.